The van der Waals surface area contributed by atoms with E-state index in [1.54, 1.807) is 24.4 Å². The number of ether oxygens (including phenoxy) is 1. The molecule has 0 aliphatic rings. The fourth-order valence-electron chi connectivity index (χ4n) is 2.81. The number of carbonyl (C=O) groups excluding carboxylic acids is 1. The standard InChI is InChI=1S/C21H14ClN3O3/c22-16-7-8-18-24-17(11-19(26)25(18)12-16)13-28-20(27)9-6-15-4-1-3-14-5-2-10-23-21(14)15/h1-12H,13H2/b9-6+. The zero-order valence-electron chi connectivity index (χ0n) is 14.6. The van der Waals surface area contributed by atoms with Crippen LogP contribution in [0.5, 0.6) is 0 Å². The van der Waals surface area contributed by atoms with Crippen LogP contribution in [0.15, 0.2) is 71.8 Å². The highest BCUT2D eigenvalue weighted by Gasteiger charge is 2.06. The molecular formula is C21H14ClN3O3. The number of nitrogens with zero attached hydrogens (tertiary/aromatic N) is 3. The molecular weight excluding hydrogens is 378 g/mol. The second-order valence-electron chi connectivity index (χ2n) is 6.02. The average Bonchev–Trinajstić information content (AvgIpc) is 2.71. The van der Waals surface area contributed by atoms with Crippen LogP contribution in [0.3, 0.4) is 0 Å². The molecule has 0 fully saturated rings. The van der Waals surface area contributed by atoms with Crippen molar-refractivity contribution in [2.75, 3.05) is 0 Å². The Morgan fingerprint density at radius 2 is 2.04 bits per heavy atom. The molecule has 0 N–H and O–H groups in total. The topological polar surface area (TPSA) is 73.6 Å². The maximum Gasteiger partial charge on any atom is 0.331 e. The van der Waals surface area contributed by atoms with E-state index in [1.165, 1.54) is 22.7 Å². The smallest absolute Gasteiger partial charge is 0.331 e. The Hall–Kier alpha value is -3.51. The van der Waals surface area contributed by atoms with E-state index in [2.05, 4.69) is 9.97 Å². The third kappa shape index (κ3) is 3.77. The van der Waals surface area contributed by atoms with Crippen molar-refractivity contribution in [1.29, 1.82) is 0 Å². The van der Waals surface area contributed by atoms with Crippen LogP contribution in [0.4, 0.5) is 0 Å². The van der Waals surface area contributed by atoms with E-state index in [4.69, 9.17) is 16.3 Å². The van der Waals surface area contributed by atoms with Crippen LogP contribution in [0, 0.1) is 0 Å². The normalized spacial score (nSPS) is 11.3. The summed E-state index contributed by atoms with van der Waals surface area (Å²) in [6.45, 7) is -0.106. The van der Waals surface area contributed by atoms with Crippen molar-refractivity contribution in [3.63, 3.8) is 0 Å². The van der Waals surface area contributed by atoms with Crippen molar-refractivity contribution in [3.8, 4) is 0 Å². The first kappa shape index (κ1) is 17.9. The zero-order valence-corrected chi connectivity index (χ0v) is 15.3. The molecule has 4 aromatic rings. The molecule has 4 rings (SSSR count). The molecule has 0 saturated heterocycles. The van der Waals surface area contributed by atoms with Gasteiger partial charge in [-0.2, -0.15) is 0 Å². The summed E-state index contributed by atoms with van der Waals surface area (Å²) in [6, 6.07) is 14.1. The molecule has 0 aliphatic carbocycles. The lowest BCUT2D eigenvalue weighted by Crippen LogP contribution is -2.16. The molecule has 3 heterocycles. The van der Waals surface area contributed by atoms with Crippen LogP contribution < -0.4 is 5.56 Å². The Bertz CT molecular complexity index is 1280. The largest absolute Gasteiger partial charge is 0.456 e. The highest BCUT2D eigenvalue weighted by atomic mass is 35.5. The predicted octanol–water partition coefficient (Wildman–Crippen LogP) is 3.65. The highest BCUT2D eigenvalue weighted by Crippen LogP contribution is 2.17. The number of aromatic nitrogens is 3. The Morgan fingerprint density at radius 3 is 2.93 bits per heavy atom. The number of halogens is 1. The van der Waals surface area contributed by atoms with Gasteiger partial charge in [0.2, 0.25) is 0 Å². The lowest BCUT2D eigenvalue weighted by molar-refractivity contribution is -0.139. The molecule has 0 atom stereocenters. The lowest BCUT2D eigenvalue weighted by atomic mass is 10.1. The Labute approximate surface area is 164 Å². The van der Waals surface area contributed by atoms with Gasteiger partial charge in [0.25, 0.3) is 5.56 Å². The number of benzene rings is 1. The molecule has 138 valence electrons. The minimum atomic E-state index is -0.536. The molecule has 0 unspecified atom stereocenters. The SMILES string of the molecule is O=C(/C=C/c1cccc2cccnc12)OCc1cc(=O)n2cc(Cl)ccc2n1. The summed E-state index contributed by atoms with van der Waals surface area (Å²) >= 11 is 5.89. The Morgan fingerprint density at radius 1 is 1.18 bits per heavy atom. The van der Waals surface area contributed by atoms with Crippen molar-refractivity contribution in [2.45, 2.75) is 6.61 Å². The molecule has 28 heavy (non-hydrogen) atoms. The summed E-state index contributed by atoms with van der Waals surface area (Å²) in [4.78, 5) is 32.8. The predicted molar refractivity (Wildman–Crippen MR) is 107 cm³/mol. The summed E-state index contributed by atoms with van der Waals surface area (Å²) in [5, 5.41) is 1.42. The summed E-state index contributed by atoms with van der Waals surface area (Å²) in [6.07, 6.45) is 6.18. The summed E-state index contributed by atoms with van der Waals surface area (Å²) in [5.41, 5.74) is 2.11. The summed E-state index contributed by atoms with van der Waals surface area (Å²) < 4.78 is 6.54. The first-order valence-corrected chi connectivity index (χ1v) is 8.84. The summed E-state index contributed by atoms with van der Waals surface area (Å²) in [7, 11) is 0. The number of carbonyl (C=O) groups is 1. The van der Waals surface area contributed by atoms with Crippen molar-refractivity contribution in [1.82, 2.24) is 14.4 Å². The molecule has 0 spiro atoms. The van der Waals surface area contributed by atoms with E-state index >= 15 is 0 Å². The third-order valence-corrected chi connectivity index (χ3v) is 4.33. The van der Waals surface area contributed by atoms with Crippen LogP contribution in [0.1, 0.15) is 11.3 Å². The fraction of sp³-hybridized carbons (Fsp3) is 0.0476. The number of esters is 1. The van der Waals surface area contributed by atoms with E-state index in [1.807, 2.05) is 30.3 Å². The highest BCUT2D eigenvalue weighted by molar-refractivity contribution is 6.30. The van der Waals surface area contributed by atoms with Gasteiger partial charge in [0.1, 0.15) is 12.3 Å². The van der Waals surface area contributed by atoms with Gasteiger partial charge in [0.05, 0.1) is 16.2 Å². The first-order chi connectivity index (χ1) is 13.6. The van der Waals surface area contributed by atoms with Gasteiger partial charge in [-0.05, 0) is 24.3 Å². The number of rotatable bonds is 4. The van der Waals surface area contributed by atoms with E-state index in [0.717, 1.165) is 16.5 Å². The van der Waals surface area contributed by atoms with Gasteiger partial charge >= 0.3 is 5.97 Å². The maximum atomic E-state index is 12.1. The Kier molecular flexibility index (Phi) is 4.87. The van der Waals surface area contributed by atoms with Gasteiger partial charge in [0.15, 0.2) is 0 Å². The van der Waals surface area contributed by atoms with Gasteiger partial charge in [-0.3, -0.25) is 14.2 Å². The van der Waals surface area contributed by atoms with Gasteiger partial charge < -0.3 is 4.74 Å². The second kappa shape index (κ2) is 7.62. The monoisotopic (exact) mass is 391 g/mol. The number of hydrogen-bond donors (Lipinski definition) is 0. The van der Waals surface area contributed by atoms with Crippen LogP contribution in [-0.2, 0) is 16.1 Å². The molecule has 3 aromatic heterocycles. The third-order valence-electron chi connectivity index (χ3n) is 4.10. The number of para-hydroxylation sites is 1. The Balaban J connectivity index is 1.48. The molecule has 7 heteroatoms. The van der Waals surface area contributed by atoms with E-state index in [-0.39, 0.29) is 12.2 Å². The van der Waals surface area contributed by atoms with Gasteiger partial charge in [0, 0.05) is 35.5 Å². The van der Waals surface area contributed by atoms with Crippen LogP contribution in [0.2, 0.25) is 5.02 Å². The quantitative estimate of drug-likeness (QED) is 0.392. The van der Waals surface area contributed by atoms with Crippen molar-refractivity contribution >= 4 is 40.2 Å². The lowest BCUT2D eigenvalue weighted by Gasteiger charge is -2.05. The van der Waals surface area contributed by atoms with Crippen molar-refractivity contribution in [3.05, 3.63) is 93.6 Å². The van der Waals surface area contributed by atoms with Gasteiger partial charge in [-0.15, -0.1) is 0 Å². The average molecular weight is 392 g/mol. The molecule has 1 aromatic carbocycles. The van der Waals surface area contributed by atoms with E-state index in [0.29, 0.717) is 16.4 Å². The van der Waals surface area contributed by atoms with Crippen molar-refractivity contribution < 1.29 is 9.53 Å². The van der Waals surface area contributed by atoms with Crippen LogP contribution in [-0.4, -0.2) is 20.3 Å². The van der Waals surface area contributed by atoms with Gasteiger partial charge in [-0.25, -0.2) is 9.78 Å². The number of hydrogen-bond acceptors (Lipinski definition) is 5. The van der Waals surface area contributed by atoms with Crippen LogP contribution in [0.25, 0.3) is 22.6 Å². The summed E-state index contributed by atoms with van der Waals surface area (Å²) in [5.74, 6) is -0.536. The molecule has 0 saturated carbocycles. The molecule has 0 amide bonds. The zero-order chi connectivity index (χ0) is 19.5. The van der Waals surface area contributed by atoms with E-state index < -0.39 is 5.97 Å². The number of pyridine rings is 2. The minimum Gasteiger partial charge on any atom is -0.456 e. The molecule has 0 bridgehead atoms. The minimum absolute atomic E-state index is 0.106. The fourth-order valence-corrected chi connectivity index (χ4v) is 2.97. The number of fused-ring (bicyclic) bond motifs is 2. The molecule has 6 nitrogen and oxygen atoms in total. The first-order valence-electron chi connectivity index (χ1n) is 8.46. The molecule has 0 radical (unpaired) electrons. The van der Waals surface area contributed by atoms with Gasteiger partial charge in [-0.1, -0.05) is 35.9 Å². The second-order valence-corrected chi connectivity index (χ2v) is 6.46. The van der Waals surface area contributed by atoms with E-state index in [9.17, 15) is 9.59 Å². The van der Waals surface area contributed by atoms with Crippen molar-refractivity contribution in [2.24, 2.45) is 0 Å². The molecule has 0 aliphatic heterocycles. The van der Waals surface area contributed by atoms with Crippen LogP contribution >= 0.6 is 11.6 Å². The maximum absolute atomic E-state index is 12.1.